The van der Waals surface area contributed by atoms with Crippen LogP contribution in [0.5, 0.6) is 0 Å². The van der Waals surface area contributed by atoms with Gasteiger partial charge in [0.2, 0.25) is 5.76 Å². The van der Waals surface area contributed by atoms with Crippen LogP contribution in [0.25, 0.3) is 0 Å². The van der Waals surface area contributed by atoms with Crippen LogP contribution in [0.4, 0.5) is 0 Å². The summed E-state index contributed by atoms with van der Waals surface area (Å²) in [7, 11) is 2.86. The maximum atomic E-state index is 13.9. The molecule has 12 atom stereocenters. The van der Waals surface area contributed by atoms with Crippen molar-refractivity contribution in [1.29, 1.82) is 0 Å². The Morgan fingerprint density at radius 3 is 2.33 bits per heavy atom. The van der Waals surface area contributed by atoms with Crippen LogP contribution in [0, 0.1) is 35.5 Å². The van der Waals surface area contributed by atoms with Crippen molar-refractivity contribution in [3.63, 3.8) is 0 Å². The lowest BCUT2D eigenvalue weighted by Crippen LogP contribution is -2.45. The maximum absolute atomic E-state index is 13.9. The number of aliphatic hydroxyl groups excluding tert-OH is 4. The van der Waals surface area contributed by atoms with Crippen LogP contribution in [0.2, 0.25) is 0 Å². The number of allylic oxidation sites excluding steroid dienone is 7. The highest BCUT2D eigenvalue weighted by Crippen LogP contribution is 2.30. The van der Waals surface area contributed by atoms with Crippen LogP contribution in [0.3, 0.4) is 0 Å². The Morgan fingerprint density at radius 2 is 1.72 bits per heavy atom. The van der Waals surface area contributed by atoms with Gasteiger partial charge in [-0.25, -0.2) is 4.79 Å². The van der Waals surface area contributed by atoms with Crippen molar-refractivity contribution >= 4 is 17.6 Å². The summed E-state index contributed by atoms with van der Waals surface area (Å²) in [5.74, 6) is -3.62. The molecule has 0 bridgehead atoms. The third kappa shape index (κ3) is 15.6. The zero-order valence-electron chi connectivity index (χ0n) is 36.9. The first-order valence-electron chi connectivity index (χ1n) is 21.0. The highest BCUT2D eigenvalue weighted by Gasteiger charge is 2.38. The van der Waals surface area contributed by atoms with Gasteiger partial charge in [0.05, 0.1) is 37.2 Å². The standard InChI is InChI=1S/C46H74N2O10/c1-12-18-38(49)31(5)21-22-37(47-57-28-41(50)48-23-15-14-16-24-48)34(8)44(53)35(9)45-39(55-10)20-17-19-29(3)25-32(6)42(51)36(13-2)43(52)33(7)26-30(4)27-40(56-11)46(54)58-45/h12,17-22,26-27,31-36,38-39,42-45,49,51-53H,13-16,23-25,28H2,1-11H3/b18-12+,20-17-,22-21+,29-19-,30-26-,40-27+,47-37-. The van der Waals surface area contributed by atoms with E-state index in [0.29, 0.717) is 37.2 Å². The van der Waals surface area contributed by atoms with Crippen molar-refractivity contribution in [2.24, 2.45) is 40.7 Å². The predicted molar refractivity (Wildman–Crippen MR) is 228 cm³/mol. The SMILES string of the molecule is C/C=C/C(O)C(C)/C=C/C(=N/OCC(=O)N1CCCCC1)C(C)C(O)C(C)C1OC(=O)/C(OC)=C\C(C)=C/C(C)C(O)C(CC)C(O)C(C)C/C(C)=C\C=C/C1OC. The van der Waals surface area contributed by atoms with E-state index < -0.39 is 54.4 Å². The van der Waals surface area contributed by atoms with E-state index in [0.717, 1.165) is 24.8 Å². The van der Waals surface area contributed by atoms with Crippen LogP contribution in [-0.2, 0) is 28.6 Å². The van der Waals surface area contributed by atoms with Gasteiger partial charge in [0.25, 0.3) is 5.91 Å². The van der Waals surface area contributed by atoms with E-state index in [4.69, 9.17) is 19.0 Å². The Morgan fingerprint density at radius 1 is 1.05 bits per heavy atom. The van der Waals surface area contributed by atoms with Crippen LogP contribution in [0.1, 0.15) is 94.4 Å². The third-order valence-electron chi connectivity index (χ3n) is 11.5. The summed E-state index contributed by atoms with van der Waals surface area (Å²) in [6.45, 7) is 17.9. The van der Waals surface area contributed by atoms with Gasteiger partial charge in [-0.05, 0) is 70.9 Å². The van der Waals surface area contributed by atoms with E-state index >= 15 is 0 Å². The molecule has 0 aliphatic carbocycles. The normalized spacial score (nSPS) is 32.2. The molecule has 12 heteroatoms. The number of methoxy groups -OCH3 is 2. The minimum absolute atomic E-state index is 0.0859. The molecular weight excluding hydrogens is 741 g/mol. The number of carbonyl (C=O) groups is 2. The van der Waals surface area contributed by atoms with E-state index in [2.05, 4.69) is 5.16 Å². The van der Waals surface area contributed by atoms with Crippen molar-refractivity contribution in [2.45, 2.75) is 131 Å². The number of ether oxygens (including phenoxy) is 3. The number of rotatable bonds is 14. The Bertz CT molecular complexity index is 1490. The number of amides is 1. The number of carbonyl (C=O) groups excluding carboxylic acids is 2. The van der Waals surface area contributed by atoms with Gasteiger partial charge in [0, 0.05) is 49.8 Å². The van der Waals surface area contributed by atoms with E-state index in [9.17, 15) is 30.0 Å². The minimum atomic E-state index is -1.17. The second kappa shape index (κ2) is 25.8. The van der Waals surface area contributed by atoms with Gasteiger partial charge in [-0.3, -0.25) is 4.79 Å². The van der Waals surface area contributed by atoms with Gasteiger partial charge in [0.1, 0.15) is 12.2 Å². The van der Waals surface area contributed by atoms with Crippen molar-refractivity contribution in [3.05, 3.63) is 71.6 Å². The lowest BCUT2D eigenvalue weighted by molar-refractivity contribution is -0.161. The lowest BCUT2D eigenvalue weighted by Gasteiger charge is -2.34. The topological polar surface area (TPSA) is 168 Å². The molecule has 58 heavy (non-hydrogen) atoms. The zero-order chi connectivity index (χ0) is 43.5. The van der Waals surface area contributed by atoms with Gasteiger partial charge in [-0.15, -0.1) is 0 Å². The number of piperidine rings is 1. The summed E-state index contributed by atoms with van der Waals surface area (Å²) in [4.78, 5) is 34.1. The number of esters is 1. The number of hydrogen-bond donors (Lipinski definition) is 4. The molecule has 12 nitrogen and oxygen atoms in total. The summed E-state index contributed by atoms with van der Waals surface area (Å²) in [5.41, 5.74) is 1.97. The molecule has 1 saturated heterocycles. The highest BCUT2D eigenvalue weighted by atomic mass is 16.6. The molecule has 4 N–H and O–H groups in total. The van der Waals surface area contributed by atoms with Gasteiger partial charge < -0.3 is 44.4 Å². The largest absolute Gasteiger partial charge is 0.490 e. The highest BCUT2D eigenvalue weighted by molar-refractivity contribution is 5.96. The molecule has 2 aliphatic rings. The molecule has 0 aromatic carbocycles. The fraction of sp³-hybridized carbons (Fsp3) is 0.674. The average molecular weight is 815 g/mol. The smallest absolute Gasteiger partial charge is 0.373 e. The Kier molecular flexibility index (Phi) is 22.5. The Balaban J connectivity index is 2.59. The first-order chi connectivity index (χ1) is 27.5. The minimum Gasteiger partial charge on any atom is -0.490 e. The van der Waals surface area contributed by atoms with Crippen LogP contribution in [-0.4, -0.2) is 113 Å². The fourth-order valence-electron chi connectivity index (χ4n) is 7.69. The number of hydrogen-bond acceptors (Lipinski definition) is 11. The summed E-state index contributed by atoms with van der Waals surface area (Å²) in [6.07, 6.45) is 14.6. The molecular formula is C46H74N2O10. The molecule has 0 spiro atoms. The van der Waals surface area contributed by atoms with Crippen molar-refractivity contribution < 1.29 is 49.1 Å². The number of nitrogens with zero attached hydrogens (tertiary/aromatic N) is 2. The van der Waals surface area contributed by atoms with Gasteiger partial charge in [-0.2, -0.15) is 0 Å². The summed E-state index contributed by atoms with van der Waals surface area (Å²) in [5, 5.41) is 49.6. The monoisotopic (exact) mass is 815 g/mol. The molecule has 1 fully saturated rings. The van der Waals surface area contributed by atoms with Crippen LogP contribution in [0.15, 0.2) is 76.7 Å². The summed E-state index contributed by atoms with van der Waals surface area (Å²) < 4.78 is 17.6. The van der Waals surface area contributed by atoms with Crippen LogP contribution < -0.4 is 0 Å². The zero-order valence-corrected chi connectivity index (χ0v) is 36.9. The Hall–Kier alpha value is -3.55. The van der Waals surface area contributed by atoms with Crippen molar-refractivity contribution in [1.82, 2.24) is 4.90 Å². The first-order valence-corrected chi connectivity index (χ1v) is 21.0. The number of cyclic esters (lactones) is 1. The second-order valence-corrected chi connectivity index (χ2v) is 16.3. The Labute approximate surface area is 348 Å². The molecule has 0 aromatic rings. The van der Waals surface area contributed by atoms with Crippen molar-refractivity contribution in [3.8, 4) is 0 Å². The molecule has 0 aromatic heterocycles. The van der Waals surface area contributed by atoms with Gasteiger partial charge >= 0.3 is 5.97 Å². The number of likely N-dealkylation sites (tertiary alicyclic amines) is 1. The van der Waals surface area contributed by atoms with Crippen LogP contribution >= 0.6 is 0 Å². The fourth-order valence-corrected chi connectivity index (χ4v) is 7.69. The maximum Gasteiger partial charge on any atom is 0.373 e. The second-order valence-electron chi connectivity index (χ2n) is 16.3. The molecule has 2 heterocycles. The van der Waals surface area contributed by atoms with Gasteiger partial charge in [0.15, 0.2) is 6.61 Å². The summed E-state index contributed by atoms with van der Waals surface area (Å²) in [6, 6.07) is 0. The molecule has 1 amide bonds. The molecule has 328 valence electrons. The number of aliphatic hydroxyl groups is 4. The van der Waals surface area contributed by atoms with E-state index in [1.807, 2.05) is 59.8 Å². The van der Waals surface area contributed by atoms with Gasteiger partial charge in [-0.1, -0.05) is 100 Å². The average Bonchev–Trinajstić information content (AvgIpc) is 3.20. The molecule has 2 aliphatic heterocycles. The van der Waals surface area contributed by atoms with E-state index in [1.54, 1.807) is 62.1 Å². The first kappa shape index (κ1) is 50.6. The molecule has 12 unspecified atom stereocenters. The predicted octanol–water partition coefficient (Wildman–Crippen LogP) is 6.46. The third-order valence-corrected chi connectivity index (χ3v) is 11.5. The van der Waals surface area contributed by atoms with Crippen molar-refractivity contribution in [2.75, 3.05) is 33.9 Å². The lowest BCUT2D eigenvalue weighted by atomic mass is 9.79. The van der Waals surface area contributed by atoms with E-state index in [1.165, 1.54) is 14.2 Å². The molecule has 0 radical (unpaired) electrons. The molecule has 0 saturated carbocycles. The van der Waals surface area contributed by atoms with E-state index in [-0.39, 0.29) is 41.9 Å². The quantitative estimate of drug-likeness (QED) is 0.0661. The number of oxime groups is 1. The molecule has 2 rings (SSSR count). The summed E-state index contributed by atoms with van der Waals surface area (Å²) >= 11 is 0.